The number of aromatic nitrogens is 2. The number of aliphatic carboxylic acids is 1. The summed E-state index contributed by atoms with van der Waals surface area (Å²) in [6.07, 6.45) is 7.83. The number of hydrogen-bond acceptors (Lipinski definition) is 11. The number of ether oxygens (including phenoxy) is 2. The molecule has 1 saturated carbocycles. The number of amides is 1. The fraction of sp³-hybridized carbons (Fsp3) is 0.513. The maximum atomic E-state index is 14.3. The quantitative estimate of drug-likeness (QED) is 0.145. The Morgan fingerprint density at radius 3 is 2.57 bits per heavy atom. The van der Waals surface area contributed by atoms with Crippen LogP contribution in [0.5, 0.6) is 0 Å². The molecule has 3 atom stereocenters. The van der Waals surface area contributed by atoms with Gasteiger partial charge in [0.25, 0.3) is 5.56 Å². The highest BCUT2D eigenvalue weighted by Gasteiger charge is 2.51. The van der Waals surface area contributed by atoms with Crippen LogP contribution in [0.2, 0.25) is 0 Å². The number of pyridine rings is 2. The van der Waals surface area contributed by atoms with Crippen molar-refractivity contribution in [3.8, 4) is 11.4 Å². The number of hydrogen-bond donors (Lipinski definition) is 2. The molecular formula is C39H47ClN6O8. The molecule has 0 unspecified atom stereocenters. The zero-order valence-corrected chi connectivity index (χ0v) is 31.7. The molecule has 14 nitrogen and oxygen atoms in total. The first-order chi connectivity index (χ1) is 25.5. The van der Waals surface area contributed by atoms with Gasteiger partial charge in [-0.05, 0) is 50.8 Å². The average molecular weight is 763 g/mol. The number of aliphatic imine (C=N–C) groups is 1. The van der Waals surface area contributed by atoms with Gasteiger partial charge in [-0.1, -0.05) is 52.0 Å². The van der Waals surface area contributed by atoms with Crippen LogP contribution in [-0.2, 0) is 47.4 Å². The fourth-order valence-corrected chi connectivity index (χ4v) is 8.44. The molecule has 0 radical (unpaired) electrons. The minimum atomic E-state index is -2.04. The fourth-order valence-electron chi connectivity index (χ4n) is 8.44. The van der Waals surface area contributed by atoms with Crippen LogP contribution >= 0.6 is 12.4 Å². The van der Waals surface area contributed by atoms with Crippen LogP contribution in [-0.4, -0.2) is 74.4 Å². The maximum absolute atomic E-state index is 14.3. The van der Waals surface area contributed by atoms with Gasteiger partial charge in [-0.15, -0.1) is 12.4 Å². The van der Waals surface area contributed by atoms with Crippen LogP contribution in [0.25, 0.3) is 22.3 Å². The third-order valence-electron chi connectivity index (χ3n) is 11.1. The van der Waals surface area contributed by atoms with E-state index in [-0.39, 0.29) is 43.1 Å². The van der Waals surface area contributed by atoms with E-state index in [9.17, 15) is 29.1 Å². The predicted octanol–water partition coefficient (Wildman–Crippen LogP) is 5.07. The molecule has 15 heteroatoms. The summed E-state index contributed by atoms with van der Waals surface area (Å²) >= 11 is 0. The number of benzene rings is 1. The molecule has 4 aliphatic rings. The lowest BCUT2D eigenvalue weighted by Crippen LogP contribution is -2.56. The van der Waals surface area contributed by atoms with Crippen LogP contribution in [0.1, 0.15) is 102 Å². The number of unbranched alkanes of at least 4 members (excludes halogenated alkanes) is 2. The van der Waals surface area contributed by atoms with E-state index in [1.165, 1.54) is 11.8 Å². The number of carbonyl (C=O) groups is 4. The highest BCUT2D eigenvalue weighted by molar-refractivity contribution is 6.11. The molecule has 7 rings (SSSR count). The second-order valence-corrected chi connectivity index (χ2v) is 14.5. The first-order valence-electron chi connectivity index (χ1n) is 18.7. The molecule has 1 amide bonds. The number of rotatable bonds is 12. The molecule has 288 valence electrons. The maximum Gasteiger partial charge on any atom is 0.355 e. The van der Waals surface area contributed by atoms with Crippen molar-refractivity contribution < 1.29 is 33.8 Å². The molecule has 1 fully saturated rings. The van der Waals surface area contributed by atoms with E-state index in [1.54, 1.807) is 17.6 Å². The Bertz CT molecular complexity index is 2090. The first kappa shape index (κ1) is 38.9. The predicted molar refractivity (Wildman–Crippen MR) is 204 cm³/mol. The van der Waals surface area contributed by atoms with Gasteiger partial charge in [0.05, 0.1) is 64.6 Å². The molecule has 0 bridgehead atoms. The normalized spacial score (nSPS) is 19.6. The Hall–Kier alpha value is -4.82. The standard InChI is InChI=1S/C39H46N6O8.ClH/c1-4-6-10-16-43-21-41-27-14-11-15-28-32(27)34(43)24-19-44-29(33(24)42-28)17-26-25(36(44)48)20-52-38(51)39(26,5-2)53-31(46)18-30(37(49)50)45(35(47)22(3)40)23-12-8-7-9-13-23;/h11,14-15,17,21-23,30H,4-10,12-13,16,18-20,40H2,1-3H3,(H,49,50);1H/t22-,30-,39-;/m0./s1. The molecule has 0 saturated heterocycles. The number of halogens is 1. The number of carboxylic acids is 1. The van der Waals surface area contributed by atoms with Crippen LogP contribution < -0.4 is 16.2 Å². The molecule has 3 N–H and O–H groups in total. The van der Waals surface area contributed by atoms with Gasteiger partial charge in [-0.25, -0.2) is 19.6 Å². The van der Waals surface area contributed by atoms with E-state index in [4.69, 9.17) is 25.2 Å². The van der Waals surface area contributed by atoms with Crippen molar-refractivity contribution in [3.63, 3.8) is 0 Å². The van der Waals surface area contributed by atoms with Crippen molar-refractivity contribution in [3.05, 3.63) is 51.3 Å². The summed E-state index contributed by atoms with van der Waals surface area (Å²) in [7, 11) is 0. The van der Waals surface area contributed by atoms with E-state index in [1.807, 2.05) is 24.5 Å². The zero-order valence-electron chi connectivity index (χ0n) is 30.8. The number of cyclic esters (lactones) is 1. The molecule has 0 spiro atoms. The van der Waals surface area contributed by atoms with E-state index >= 15 is 0 Å². The minimum absolute atomic E-state index is 0. The SMILES string of the molecule is CCCCCN1C=Nc2cccc3nc4c(c1c23)Cn1c-4cc2c(c1=O)COC(=O)[C@@]2(CC)OC(=O)C[C@@H](C(=O)O)N(C(=O)[C@H](C)N)C1CCCCC1.Cl. The topological polar surface area (TPSA) is 187 Å². The van der Waals surface area contributed by atoms with E-state index in [0.717, 1.165) is 67.4 Å². The smallest absolute Gasteiger partial charge is 0.355 e. The van der Waals surface area contributed by atoms with Crippen LogP contribution in [0.15, 0.2) is 34.1 Å². The van der Waals surface area contributed by atoms with E-state index in [2.05, 4.69) is 11.8 Å². The molecular weight excluding hydrogens is 716 g/mol. The van der Waals surface area contributed by atoms with Crippen LogP contribution in [0.3, 0.4) is 0 Å². The van der Waals surface area contributed by atoms with Gasteiger partial charge in [0, 0.05) is 23.7 Å². The second kappa shape index (κ2) is 15.5. The molecule has 1 aromatic carbocycles. The van der Waals surface area contributed by atoms with Gasteiger partial charge >= 0.3 is 17.9 Å². The first-order valence-corrected chi connectivity index (χ1v) is 18.7. The Morgan fingerprint density at radius 2 is 1.89 bits per heavy atom. The Labute approximate surface area is 319 Å². The van der Waals surface area contributed by atoms with Gasteiger partial charge in [-0.2, -0.15) is 0 Å². The summed E-state index contributed by atoms with van der Waals surface area (Å²) in [6.45, 7) is 5.92. The Balaban J connectivity index is 0.00000497. The molecule has 54 heavy (non-hydrogen) atoms. The number of nitrogens with zero attached hydrogens (tertiary/aromatic N) is 5. The van der Waals surface area contributed by atoms with Gasteiger partial charge in [0.15, 0.2) is 0 Å². The van der Waals surface area contributed by atoms with Gasteiger partial charge in [-0.3, -0.25) is 14.4 Å². The Kier molecular flexibility index (Phi) is 11.2. The largest absolute Gasteiger partial charge is 0.480 e. The lowest BCUT2D eigenvalue weighted by Gasteiger charge is -2.39. The van der Waals surface area contributed by atoms with Gasteiger partial charge < -0.3 is 34.7 Å². The number of carboxylic acid groups (broad SMARTS) is 1. The molecule has 5 heterocycles. The average Bonchev–Trinajstić information content (AvgIpc) is 3.52. The third kappa shape index (κ3) is 6.52. The van der Waals surface area contributed by atoms with Crippen molar-refractivity contribution >= 4 is 64.8 Å². The zero-order chi connectivity index (χ0) is 37.6. The van der Waals surface area contributed by atoms with E-state index < -0.39 is 59.5 Å². The lowest BCUT2D eigenvalue weighted by molar-refractivity contribution is -0.191. The van der Waals surface area contributed by atoms with Crippen molar-refractivity contribution in [2.45, 2.75) is 122 Å². The summed E-state index contributed by atoms with van der Waals surface area (Å²) in [5, 5.41) is 11.3. The Morgan fingerprint density at radius 1 is 1.13 bits per heavy atom. The molecule has 1 aliphatic carbocycles. The van der Waals surface area contributed by atoms with Crippen LogP contribution in [0, 0.1) is 0 Å². The number of nitrogens with two attached hydrogens (primary N) is 1. The number of fused-ring (bicyclic) bond motifs is 5. The number of carbonyl (C=O) groups excluding carboxylic acids is 3. The minimum Gasteiger partial charge on any atom is -0.480 e. The summed E-state index contributed by atoms with van der Waals surface area (Å²) in [6, 6.07) is 4.46. The summed E-state index contributed by atoms with van der Waals surface area (Å²) in [5.74, 6) is -3.85. The lowest BCUT2D eigenvalue weighted by atomic mass is 9.85. The third-order valence-corrected chi connectivity index (χ3v) is 11.1. The van der Waals surface area contributed by atoms with E-state index in [0.29, 0.717) is 29.7 Å². The highest BCUT2D eigenvalue weighted by Crippen LogP contribution is 2.47. The number of esters is 2. The van der Waals surface area contributed by atoms with Crippen molar-refractivity contribution in [1.82, 2.24) is 14.5 Å². The van der Waals surface area contributed by atoms with Gasteiger partial charge in [0.1, 0.15) is 12.6 Å². The summed E-state index contributed by atoms with van der Waals surface area (Å²) < 4.78 is 13.1. The van der Waals surface area contributed by atoms with Crippen molar-refractivity contribution in [2.75, 3.05) is 11.4 Å². The molecule has 3 aliphatic heterocycles. The van der Waals surface area contributed by atoms with Crippen molar-refractivity contribution in [2.24, 2.45) is 10.7 Å². The summed E-state index contributed by atoms with van der Waals surface area (Å²) in [4.78, 5) is 81.1. The van der Waals surface area contributed by atoms with Crippen molar-refractivity contribution in [1.29, 1.82) is 0 Å². The van der Waals surface area contributed by atoms with Crippen LogP contribution in [0.4, 0.5) is 11.4 Å². The summed E-state index contributed by atoms with van der Waals surface area (Å²) in [5.41, 5.74) is 8.22. The molecule has 3 aromatic rings. The van der Waals surface area contributed by atoms with Gasteiger partial charge in [0.2, 0.25) is 11.5 Å². The second-order valence-electron chi connectivity index (χ2n) is 14.5. The highest BCUT2D eigenvalue weighted by atomic mass is 35.5. The monoisotopic (exact) mass is 762 g/mol. The molecule has 2 aromatic heterocycles. The number of anilines is 1.